The highest BCUT2D eigenvalue weighted by Crippen LogP contribution is 2.05. The van der Waals surface area contributed by atoms with Crippen molar-refractivity contribution in [1.82, 2.24) is 4.98 Å². The van der Waals surface area contributed by atoms with Gasteiger partial charge in [-0.2, -0.15) is 0 Å². The summed E-state index contributed by atoms with van der Waals surface area (Å²) in [6.07, 6.45) is 3.86. The fourth-order valence-corrected chi connectivity index (χ4v) is 0.681. The average Bonchev–Trinajstić information content (AvgIpc) is 2.07. The molecule has 0 aromatic carbocycles. The standard InChI is InChI=1S/C8H10NO2/c10-5-2-6-11-8-3-1-4-9-7-8/h1,3-4,7H,2,5-6H2. The first-order chi connectivity index (χ1) is 5.43. The largest absolute Gasteiger partial charge is 0.492 e. The van der Waals surface area contributed by atoms with E-state index in [2.05, 4.69) is 4.98 Å². The van der Waals surface area contributed by atoms with E-state index in [4.69, 9.17) is 4.74 Å². The highest BCUT2D eigenvalue weighted by Gasteiger charge is 1.90. The van der Waals surface area contributed by atoms with Gasteiger partial charge in [-0.05, 0) is 12.1 Å². The molecule has 0 aliphatic heterocycles. The van der Waals surface area contributed by atoms with Crippen LogP contribution in [0.4, 0.5) is 0 Å². The molecule has 0 saturated heterocycles. The Kier molecular flexibility index (Phi) is 3.41. The Hall–Kier alpha value is -1.09. The van der Waals surface area contributed by atoms with Gasteiger partial charge in [-0.3, -0.25) is 4.98 Å². The van der Waals surface area contributed by atoms with Crippen molar-refractivity contribution in [3.05, 3.63) is 24.5 Å². The van der Waals surface area contributed by atoms with E-state index in [1.54, 1.807) is 18.5 Å². The van der Waals surface area contributed by atoms with E-state index >= 15 is 0 Å². The summed E-state index contributed by atoms with van der Waals surface area (Å²) >= 11 is 0. The minimum absolute atomic E-state index is 0.0831. The van der Waals surface area contributed by atoms with Gasteiger partial charge in [0.15, 0.2) is 0 Å². The van der Waals surface area contributed by atoms with E-state index in [-0.39, 0.29) is 6.61 Å². The van der Waals surface area contributed by atoms with Crippen molar-refractivity contribution < 1.29 is 9.84 Å². The third kappa shape index (κ3) is 3.00. The molecule has 0 atom stereocenters. The number of rotatable bonds is 4. The zero-order valence-corrected chi connectivity index (χ0v) is 6.19. The Morgan fingerprint density at radius 3 is 3.09 bits per heavy atom. The fourth-order valence-electron chi connectivity index (χ4n) is 0.681. The summed E-state index contributed by atoms with van der Waals surface area (Å²) in [5.74, 6) is 0.723. The molecule has 0 fully saturated rings. The molecule has 0 spiro atoms. The lowest BCUT2D eigenvalue weighted by atomic mass is 10.4. The van der Waals surface area contributed by atoms with Gasteiger partial charge in [0.1, 0.15) is 5.75 Å². The van der Waals surface area contributed by atoms with Gasteiger partial charge in [-0.1, -0.05) is 0 Å². The maximum Gasteiger partial charge on any atom is 0.137 e. The fraction of sp³-hybridized carbons (Fsp3) is 0.375. The second-order valence-electron chi connectivity index (χ2n) is 2.09. The molecule has 1 radical (unpaired) electrons. The van der Waals surface area contributed by atoms with Crippen LogP contribution < -0.4 is 4.74 Å². The quantitative estimate of drug-likeness (QED) is 0.610. The van der Waals surface area contributed by atoms with E-state index < -0.39 is 0 Å². The Morgan fingerprint density at radius 1 is 1.55 bits per heavy atom. The van der Waals surface area contributed by atoms with Crippen LogP contribution in [0.3, 0.4) is 0 Å². The molecule has 1 aromatic rings. The predicted molar refractivity (Wildman–Crippen MR) is 39.9 cm³/mol. The van der Waals surface area contributed by atoms with Crippen molar-refractivity contribution in [2.24, 2.45) is 0 Å². The van der Waals surface area contributed by atoms with Gasteiger partial charge in [-0.25, -0.2) is 5.11 Å². The van der Waals surface area contributed by atoms with Crippen molar-refractivity contribution in [2.45, 2.75) is 6.42 Å². The van der Waals surface area contributed by atoms with E-state index in [9.17, 15) is 5.11 Å². The van der Waals surface area contributed by atoms with Gasteiger partial charge in [0.05, 0.1) is 19.4 Å². The minimum atomic E-state index is -0.0831. The van der Waals surface area contributed by atoms with Crippen molar-refractivity contribution in [3.63, 3.8) is 0 Å². The Bertz CT molecular complexity index is 189. The molecule has 3 heteroatoms. The third-order valence-corrected chi connectivity index (χ3v) is 1.19. The molecule has 3 nitrogen and oxygen atoms in total. The monoisotopic (exact) mass is 152 g/mol. The van der Waals surface area contributed by atoms with E-state index in [1.807, 2.05) is 6.07 Å². The van der Waals surface area contributed by atoms with Crippen molar-refractivity contribution >= 4 is 0 Å². The molecule has 0 aliphatic rings. The molecule has 0 bridgehead atoms. The SMILES string of the molecule is [O]CCCOc1cccnc1. The number of aromatic nitrogens is 1. The molecule has 1 heterocycles. The molecule has 59 valence electrons. The zero-order valence-electron chi connectivity index (χ0n) is 6.19. The normalized spacial score (nSPS) is 9.55. The van der Waals surface area contributed by atoms with E-state index in [0.717, 1.165) is 5.75 Å². The first-order valence-corrected chi connectivity index (χ1v) is 3.54. The minimum Gasteiger partial charge on any atom is -0.492 e. The van der Waals surface area contributed by atoms with Crippen LogP contribution in [0.2, 0.25) is 0 Å². The molecule has 0 N–H and O–H groups in total. The Balaban J connectivity index is 2.28. The van der Waals surface area contributed by atoms with Crippen LogP contribution in [0, 0.1) is 0 Å². The topological polar surface area (TPSA) is 42.0 Å². The predicted octanol–water partition coefficient (Wildman–Crippen LogP) is 1.28. The summed E-state index contributed by atoms with van der Waals surface area (Å²) in [6, 6.07) is 3.62. The third-order valence-electron chi connectivity index (χ3n) is 1.19. The van der Waals surface area contributed by atoms with E-state index in [1.165, 1.54) is 0 Å². The molecule has 0 unspecified atom stereocenters. The number of hydrogen-bond acceptors (Lipinski definition) is 2. The maximum absolute atomic E-state index is 10.0. The number of nitrogens with zero attached hydrogens (tertiary/aromatic N) is 1. The summed E-state index contributed by atoms with van der Waals surface area (Å²) in [4.78, 5) is 3.86. The molecular formula is C8H10NO2. The van der Waals surface area contributed by atoms with Crippen LogP contribution in [0.15, 0.2) is 24.5 Å². The summed E-state index contributed by atoms with van der Waals surface area (Å²) in [7, 11) is 0. The lowest BCUT2D eigenvalue weighted by Gasteiger charge is -2.01. The first kappa shape index (κ1) is 8.01. The van der Waals surface area contributed by atoms with Gasteiger partial charge in [0.25, 0.3) is 0 Å². The summed E-state index contributed by atoms with van der Waals surface area (Å²) < 4.78 is 5.18. The van der Waals surface area contributed by atoms with Gasteiger partial charge in [0, 0.05) is 12.6 Å². The first-order valence-electron chi connectivity index (χ1n) is 3.54. The zero-order chi connectivity index (χ0) is 7.94. The molecule has 0 amide bonds. The summed E-state index contributed by atoms with van der Waals surface area (Å²) in [5.41, 5.74) is 0. The van der Waals surface area contributed by atoms with Crippen LogP contribution in [-0.4, -0.2) is 18.2 Å². The molecular weight excluding hydrogens is 142 g/mol. The number of pyridine rings is 1. The Labute approximate surface area is 65.7 Å². The summed E-state index contributed by atoms with van der Waals surface area (Å²) in [6.45, 7) is 0.398. The lowest BCUT2D eigenvalue weighted by Crippen LogP contribution is -1.98. The van der Waals surface area contributed by atoms with Crippen LogP contribution in [-0.2, 0) is 5.11 Å². The second kappa shape index (κ2) is 4.68. The molecule has 0 aliphatic carbocycles. The van der Waals surface area contributed by atoms with Gasteiger partial charge >= 0.3 is 0 Å². The molecule has 1 rings (SSSR count). The van der Waals surface area contributed by atoms with Crippen LogP contribution in [0.5, 0.6) is 5.75 Å². The van der Waals surface area contributed by atoms with Crippen molar-refractivity contribution in [3.8, 4) is 5.75 Å². The average molecular weight is 152 g/mol. The number of ether oxygens (including phenoxy) is 1. The molecule has 11 heavy (non-hydrogen) atoms. The van der Waals surface area contributed by atoms with Crippen molar-refractivity contribution in [1.29, 1.82) is 0 Å². The van der Waals surface area contributed by atoms with Gasteiger partial charge in [-0.15, -0.1) is 0 Å². The lowest BCUT2D eigenvalue weighted by molar-refractivity contribution is 0.165. The van der Waals surface area contributed by atoms with Gasteiger partial charge in [0.2, 0.25) is 0 Å². The highest BCUT2D eigenvalue weighted by atomic mass is 16.5. The van der Waals surface area contributed by atoms with Crippen LogP contribution >= 0.6 is 0 Å². The van der Waals surface area contributed by atoms with Gasteiger partial charge < -0.3 is 4.74 Å². The molecule has 1 aromatic heterocycles. The summed E-state index contributed by atoms with van der Waals surface area (Å²) in [5, 5.41) is 10.0. The maximum atomic E-state index is 10.0. The second-order valence-corrected chi connectivity index (χ2v) is 2.09. The van der Waals surface area contributed by atoms with Crippen LogP contribution in [0.25, 0.3) is 0 Å². The smallest absolute Gasteiger partial charge is 0.137 e. The molecule has 0 saturated carbocycles. The van der Waals surface area contributed by atoms with Crippen LogP contribution in [0.1, 0.15) is 6.42 Å². The Morgan fingerprint density at radius 2 is 2.45 bits per heavy atom. The van der Waals surface area contributed by atoms with E-state index in [0.29, 0.717) is 13.0 Å². The number of hydrogen-bond donors (Lipinski definition) is 0. The van der Waals surface area contributed by atoms with Crippen molar-refractivity contribution in [2.75, 3.05) is 13.2 Å². The highest BCUT2D eigenvalue weighted by molar-refractivity contribution is 5.15.